The third-order valence-corrected chi connectivity index (χ3v) is 5.99. The van der Waals surface area contributed by atoms with Crippen molar-refractivity contribution in [3.63, 3.8) is 0 Å². The molecule has 2 rings (SSSR count). The number of hydrogen-bond acceptors (Lipinski definition) is 7. The van der Waals surface area contributed by atoms with Gasteiger partial charge in [0.1, 0.15) is 0 Å². The van der Waals surface area contributed by atoms with Gasteiger partial charge in [-0.15, -0.1) is 11.8 Å². The monoisotopic (exact) mass is 424 g/mol. The number of benzene rings is 2. The Labute approximate surface area is 169 Å². The molecular formula is C18H24N4O4S2. The van der Waals surface area contributed by atoms with Crippen LogP contribution in [-0.4, -0.2) is 50.7 Å². The number of thioether (sulfide) groups is 1. The Hall–Kier alpha value is -2.14. The molecule has 0 spiro atoms. The molecule has 0 saturated heterocycles. The van der Waals surface area contributed by atoms with Gasteiger partial charge in [0, 0.05) is 34.5 Å². The number of primary sulfonamides is 1. The van der Waals surface area contributed by atoms with Crippen molar-refractivity contribution in [2.24, 2.45) is 5.14 Å². The van der Waals surface area contributed by atoms with Crippen LogP contribution in [0.5, 0.6) is 0 Å². The largest absolute Gasteiger partial charge is 0.381 e. The topological polar surface area (TPSA) is 119 Å². The molecule has 10 heteroatoms. The van der Waals surface area contributed by atoms with Gasteiger partial charge >= 0.3 is 0 Å². The van der Waals surface area contributed by atoms with Crippen molar-refractivity contribution in [1.82, 2.24) is 4.90 Å². The molecule has 0 amide bonds. The molecule has 0 saturated carbocycles. The summed E-state index contributed by atoms with van der Waals surface area (Å²) in [6.07, 6.45) is 0.778. The van der Waals surface area contributed by atoms with Crippen molar-refractivity contribution in [1.29, 1.82) is 0 Å². The maximum atomic E-state index is 11.7. The summed E-state index contributed by atoms with van der Waals surface area (Å²) in [6, 6.07) is 13.5. The highest BCUT2D eigenvalue weighted by atomic mass is 32.2. The van der Waals surface area contributed by atoms with E-state index in [1.54, 1.807) is 11.8 Å². The Morgan fingerprint density at radius 3 is 2.46 bits per heavy atom. The molecule has 0 bridgehead atoms. The van der Waals surface area contributed by atoms with Crippen molar-refractivity contribution in [2.75, 3.05) is 31.7 Å². The van der Waals surface area contributed by atoms with Gasteiger partial charge in [0.15, 0.2) is 0 Å². The van der Waals surface area contributed by atoms with Crippen molar-refractivity contribution in [2.45, 2.75) is 22.3 Å². The molecule has 0 aliphatic rings. The van der Waals surface area contributed by atoms with E-state index >= 15 is 0 Å². The average molecular weight is 425 g/mol. The van der Waals surface area contributed by atoms with Crippen molar-refractivity contribution in [3.8, 4) is 0 Å². The minimum absolute atomic E-state index is 0.0251. The molecule has 152 valence electrons. The lowest BCUT2D eigenvalue weighted by Crippen LogP contribution is -2.28. The third-order valence-electron chi connectivity index (χ3n) is 3.92. The van der Waals surface area contributed by atoms with Gasteiger partial charge in [0.05, 0.1) is 9.82 Å². The number of nitrogens with zero attached hydrogens (tertiary/aromatic N) is 2. The van der Waals surface area contributed by atoms with E-state index in [1.165, 1.54) is 12.1 Å². The highest BCUT2D eigenvalue weighted by molar-refractivity contribution is 7.99. The Balaban J connectivity index is 2.23. The summed E-state index contributed by atoms with van der Waals surface area (Å²) >= 11 is 1.66. The Morgan fingerprint density at radius 1 is 1.21 bits per heavy atom. The Morgan fingerprint density at radius 2 is 1.89 bits per heavy atom. The van der Waals surface area contributed by atoms with Crippen LogP contribution in [0.2, 0.25) is 0 Å². The first-order valence-electron chi connectivity index (χ1n) is 8.56. The number of hydrogen-bond donors (Lipinski definition) is 2. The third kappa shape index (κ3) is 7.12. The SMILES string of the molecule is CN(C)CC[C@H](CSc1ccccc1)Nc1cc([N+](=O)[O-])cc(S(N)(=O)=O)c1. The molecule has 0 fully saturated rings. The number of anilines is 1. The molecule has 28 heavy (non-hydrogen) atoms. The van der Waals surface area contributed by atoms with Gasteiger partial charge in [-0.1, -0.05) is 18.2 Å². The molecule has 2 aromatic rings. The summed E-state index contributed by atoms with van der Waals surface area (Å²) in [6.45, 7) is 0.810. The fourth-order valence-corrected chi connectivity index (χ4v) is 4.07. The van der Waals surface area contributed by atoms with Crippen molar-refractivity contribution >= 4 is 33.2 Å². The number of rotatable bonds is 10. The van der Waals surface area contributed by atoms with E-state index in [9.17, 15) is 18.5 Å². The number of sulfonamides is 1. The smallest absolute Gasteiger partial charge is 0.272 e. The number of non-ortho nitro benzene ring substituents is 1. The van der Waals surface area contributed by atoms with Crippen molar-refractivity contribution in [3.05, 3.63) is 58.6 Å². The van der Waals surface area contributed by atoms with Crippen LogP contribution in [0.1, 0.15) is 6.42 Å². The lowest BCUT2D eigenvalue weighted by molar-refractivity contribution is -0.385. The molecular weight excluding hydrogens is 400 g/mol. The summed E-state index contributed by atoms with van der Waals surface area (Å²) in [5.41, 5.74) is 0.0340. The lowest BCUT2D eigenvalue weighted by atomic mass is 10.2. The zero-order chi connectivity index (χ0) is 20.7. The second-order valence-electron chi connectivity index (χ2n) is 6.57. The summed E-state index contributed by atoms with van der Waals surface area (Å²) in [5.74, 6) is 0.714. The van der Waals surface area contributed by atoms with Gasteiger partial charge in [-0.05, 0) is 45.3 Å². The van der Waals surface area contributed by atoms with Crippen LogP contribution in [0.25, 0.3) is 0 Å². The van der Waals surface area contributed by atoms with E-state index in [4.69, 9.17) is 5.14 Å². The number of nitro groups is 1. The van der Waals surface area contributed by atoms with Crippen LogP contribution in [-0.2, 0) is 10.0 Å². The quantitative estimate of drug-likeness (QED) is 0.342. The molecule has 8 nitrogen and oxygen atoms in total. The van der Waals surface area contributed by atoms with Gasteiger partial charge in [-0.25, -0.2) is 13.6 Å². The molecule has 2 aromatic carbocycles. The van der Waals surface area contributed by atoms with E-state index in [-0.39, 0.29) is 16.6 Å². The fourth-order valence-electron chi connectivity index (χ4n) is 2.50. The first-order chi connectivity index (χ1) is 13.1. The summed E-state index contributed by atoms with van der Waals surface area (Å²) in [4.78, 5) is 13.4. The summed E-state index contributed by atoms with van der Waals surface area (Å²) in [7, 11) is -0.124. The average Bonchev–Trinajstić information content (AvgIpc) is 2.63. The van der Waals surface area contributed by atoms with E-state index in [1.807, 2.05) is 49.3 Å². The van der Waals surface area contributed by atoms with Crippen LogP contribution >= 0.6 is 11.8 Å². The van der Waals surface area contributed by atoms with Gasteiger partial charge in [0.25, 0.3) is 5.69 Å². The molecule has 1 atom stereocenters. The predicted octanol–water partition coefficient (Wildman–Crippen LogP) is 2.77. The van der Waals surface area contributed by atoms with Crippen LogP contribution in [0.15, 0.2) is 58.3 Å². The summed E-state index contributed by atoms with van der Waals surface area (Å²) in [5, 5.41) is 19.6. The van der Waals surface area contributed by atoms with Crippen LogP contribution in [0.3, 0.4) is 0 Å². The minimum Gasteiger partial charge on any atom is -0.381 e. The maximum absolute atomic E-state index is 11.7. The lowest BCUT2D eigenvalue weighted by Gasteiger charge is -2.22. The first-order valence-corrected chi connectivity index (χ1v) is 11.1. The molecule has 0 aliphatic heterocycles. The fraction of sp³-hybridized carbons (Fsp3) is 0.333. The van der Waals surface area contributed by atoms with Crippen molar-refractivity contribution < 1.29 is 13.3 Å². The first kappa shape index (κ1) is 22.2. The highest BCUT2D eigenvalue weighted by Crippen LogP contribution is 2.26. The zero-order valence-electron chi connectivity index (χ0n) is 15.7. The van der Waals surface area contributed by atoms with Gasteiger partial charge in [-0.2, -0.15) is 0 Å². The zero-order valence-corrected chi connectivity index (χ0v) is 17.4. The molecule has 0 aliphatic carbocycles. The minimum atomic E-state index is -4.06. The normalized spacial score (nSPS) is 12.7. The predicted molar refractivity (Wildman–Crippen MR) is 112 cm³/mol. The van der Waals surface area contributed by atoms with Gasteiger partial charge < -0.3 is 10.2 Å². The van der Waals surface area contributed by atoms with Gasteiger partial charge in [0.2, 0.25) is 10.0 Å². The standard InChI is InChI=1S/C18H24N4O4S2/c1-21(2)9-8-14(13-27-17-6-4-3-5-7-17)20-15-10-16(22(23)24)12-18(11-15)28(19,25)26/h3-7,10-12,14,20H,8-9,13H2,1-2H3,(H2,19,25,26)/t14-/m1/s1. The Bertz CT molecular complexity index is 905. The molecule has 0 heterocycles. The second-order valence-corrected chi connectivity index (χ2v) is 9.23. The molecule has 0 unspecified atom stereocenters. The number of nitrogens with one attached hydrogen (secondary N) is 1. The van der Waals surface area contributed by atoms with Gasteiger partial charge in [-0.3, -0.25) is 10.1 Å². The molecule has 0 radical (unpaired) electrons. The van der Waals surface area contributed by atoms with Crippen LogP contribution in [0, 0.1) is 10.1 Å². The second kappa shape index (κ2) is 9.87. The van der Waals surface area contributed by atoms with E-state index in [0.29, 0.717) is 11.4 Å². The van der Waals surface area contributed by atoms with Crippen LogP contribution in [0.4, 0.5) is 11.4 Å². The Kier molecular flexibility index (Phi) is 7.81. The van der Waals surface area contributed by atoms with E-state index in [2.05, 4.69) is 5.32 Å². The summed E-state index contributed by atoms with van der Waals surface area (Å²) < 4.78 is 23.4. The highest BCUT2D eigenvalue weighted by Gasteiger charge is 2.18. The molecule has 0 aromatic heterocycles. The number of nitrogens with two attached hydrogens (primary N) is 1. The van der Waals surface area contributed by atoms with E-state index < -0.39 is 14.9 Å². The number of nitro benzene ring substituents is 1. The molecule has 3 N–H and O–H groups in total. The maximum Gasteiger partial charge on any atom is 0.272 e. The van der Waals surface area contributed by atoms with Crippen LogP contribution < -0.4 is 10.5 Å². The van der Waals surface area contributed by atoms with E-state index in [0.717, 1.165) is 23.9 Å².